The van der Waals surface area contributed by atoms with E-state index in [1.54, 1.807) is 19.1 Å². The van der Waals surface area contributed by atoms with Crippen molar-refractivity contribution in [2.24, 2.45) is 0 Å². The van der Waals surface area contributed by atoms with Gasteiger partial charge in [-0.15, -0.1) is 0 Å². The fraction of sp³-hybridized carbons (Fsp3) is 0.273. The maximum Gasteiger partial charge on any atom is 0.365 e. The van der Waals surface area contributed by atoms with E-state index in [1.165, 1.54) is 0 Å². The number of aryl methyl sites for hydroxylation is 1. The second kappa shape index (κ2) is 4.86. The predicted molar refractivity (Wildman–Crippen MR) is 66.9 cm³/mol. The molecule has 2 rings (SSSR count). The highest BCUT2D eigenvalue weighted by Gasteiger charge is 2.46. The smallest absolute Gasteiger partial charge is 0.225 e. The summed E-state index contributed by atoms with van der Waals surface area (Å²) < 4.78 is 51.5. The van der Waals surface area contributed by atoms with Crippen LogP contribution in [0, 0.1) is 6.92 Å². The van der Waals surface area contributed by atoms with Crippen LogP contribution in [0.3, 0.4) is 0 Å². The summed E-state index contributed by atoms with van der Waals surface area (Å²) in [4.78, 5) is 6.78. The minimum absolute atomic E-state index is 0.0703. The van der Waals surface area contributed by atoms with Crippen LogP contribution in [0.4, 0.5) is 17.6 Å². The first-order chi connectivity index (χ1) is 8.73. The number of halogens is 6. The van der Waals surface area contributed by atoms with Gasteiger partial charge in [0.15, 0.2) is 0 Å². The topological polar surface area (TPSA) is 25.8 Å². The van der Waals surface area contributed by atoms with Crippen LogP contribution in [-0.2, 0) is 5.92 Å². The molecule has 0 radical (unpaired) electrons. The van der Waals surface area contributed by atoms with E-state index in [9.17, 15) is 17.6 Å². The molecule has 0 aliphatic heterocycles. The predicted octanol–water partition coefficient (Wildman–Crippen LogP) is 4.71. The minimum Gasteiger partial charge on any atom is -0.225 e. The molecular formula is C11H6BrClF4N2. The lowest BCUT2D eigenvalue weighted by Crippen LogP contribution is -2.26. The van der Waals surface area contributed by atoms with Crippen molar-refractivity contribution in [1.82, 2.24) is 9.97 Å². The van der Waals surface area contributed by atoms with Crippen molar-refractivity contribution in [3.8, 4) is 0 Å². The van der Waals surface area contributed by atoms with E-state index < -0.39 is 18.2 Å². The third-order valence-corrected chi connectivity index (χ3v) is 3.32. The first-order valence-corrected chi connectivity index (χ1v) is 6.20. The molecule has 0 spiro atoms. The van der Waals surface area contributed by atoms with Crippen LogP contribution >= 0.6 is 27.5 Å². The molecule has 0 saturated heterocycles. The Morgan fingerprint density at radius 1 is 1.26 bits per heavy atom. The van der Waals surface area contributed by atoms with E-state index in [1.807, 2.05) is 0 Å². The fourth-order valence-electron chi connectivity index (χ4n) is 1.54. The lowest BCUT2D eigenvalue weighted by Gasteiger charge is -2.15. The number of benzene rings is 1. The number of alkyl halides is 4. The molecule has 102 valence electrons. The molecule has 0 N–H and O–H groups in total. The Bertz CT molecular complexity index is 648. The largest absolute Gasteiger partial charge is 0.365 e. The lowest BCUT2D eigenvalue weighted by atomic mass is 10.1. The molecule has 0 amide bonds. The normalized spacial score (nSPS) is 12.4. The summed E-state index contributed by atoms with van der Waals surface area (Å²) in [7, 11) is 0. The van der Waals surface area contributed by atoms with Gasteiger partial charge in [-0.1, -0.05) is 11.6 Å². The number of hydrogen-bond donors (Lipinski definition) is 0. The molecule has 0 bridgehead atoms. The average Bonchev–Trinajstić information content (AvgIpc) is 2.29. The van der Waals surface area contributed by atoms with Crippen LogP contribution in [-0.4, -0.2) is 16.4 Å². The molecule has 1 heterocycles. The van der Waals surface area contributed by atoms with E-state index in [0.29, 0.717) is 9.86 Å². The molecule has 0 aliphatic rings. The van der Waals surface area contributed by atoms with E-state index in [4.69, 9.17) is 11.6 Å². The second-order valence-corrected chi connectivity index (χ2v) is 5.12. The molecule has 2 aromatic rings. The van der Waals surface area contributed by atoms with Crippen LogP contribution in [0.25, 0.3) is 10.9 Å². The van der Waals surface area contributed by atoms with Gasteiger partial charge in [-0.2, -0.15) is 8.78 Å². The molecule has 1 aromatic heterocycles. The van der Waals surface area contributed by atoms with Crippen LogP contribution in [0.5, 0.6) is 0 Å². The van der Waals surface area contributed by atoms with Gasteiger partial charge >= 0.3 is 12.3 Å². The summed E-state index contributed by atoms with van der Waals surface area (Å²) in [5.41, 5.74) is 0.874. The first kappa shape index (κ1) is 14.5. The zero-order chi connectivity index (χ0) is 14.4. The number of fused-ring (bicyclic) bond motifs is 1. The Morgan fingerprint density at radius 3 is 2.47 bits per heavy atom. The zero-order valence-corrected chi connectivity index (χ0v) is 11.7. The van der Waals surface area contributed by atoms with Crippen molar-refractivity contribution >= 4 is 38.4 Å². The summed E-state index contributed by atoms with van der Waals surface area (Å²) in [5, 5.41) is 0.0343. The molecule has 19 heavy (non-hydrogen) atoms. The Morgan fingerprint density at radius 2 is 1.89 bits per heavy atom. The van der Waals surface area contributed by atoms with Gasteiger partial charge in [0, 0.05) is 9.86 Å². The van der Waals surface area contributed by atoms with Crippen LogP contribution in [0.2, 0.25) is 5.15 Å². The average molecular weight is 358 g/mol. The van der Waals surface area contributed by atoms with Gasteiger partial charge in [0.1, 0.15) is 5.15 Å². The molecule has 8 heteroatoms. The maximum absolute atomic E-state index is 13.2. The van der Waals surface area contributed by atoms with Crippen molar-refractivity contribution < 1.29 is 17.6 Å². The molecule has 0 saturated carbocycles. The van der Waals surface area contributed by atoms with Crippen LogP contribution < -0.4 is 0 Å². The summed E-state index contributed by atoms with van der Waals surface area (Å²) in [6.45, 7) is 1.77. The highest BCUT2D eigenvalue weighted by atomic mass is 79.9. The maximum atomic E-state index is 13.2. The highest BCUT2D eigenvalue weighted by Crippen LogP contribution is 2.36. The summed E-state index contributed by atoms with van der Waals surface area (Å²) in [5.74, 6) is -5.73. The van der Waals surface area contributed by atoms with E-state index in [-0.39, 0.29) is 10.7 Å². The molecule has 0 atom stereocenters. The van der Waals surface area contributed by atoms with Gasteiger partial charge in [0.05, 0.1) is 5.52 Å². The van der Waals surface area contributed by atoms with Gasteiger partial charge in [0.25, 0.3) is 0 Å². The SMILES string of the molecule is Cc1cc(Br)c2nc(C(F)(F)C(F)F)nc(Cl)c2c1. The first-order valence-electron chi connectivity index (χ1n) is 5.03. The Hall–Kier alpha value is -0.950. The number of nitrogens with zero attached hydrogens (tertiary/aromatic N) is 2. The Labute approximate surface area is 118 Å². The molecule has 0 aliphatic carbocycles. The Kier molecular flexibility index (Phi) is 3.70. The van der Waals surface area contributed by atoms with Crippen molar-refractivity contribution in [2.75, 3.05) is 0 Å². The van der Waals surface area contributed by atoms with Gasteiger partial charge in [-0.05, 0) is 40.5 Å². The molecule has 0 unspecified atom stereocenters. The quantitative estimate of drug-likeness (QED) is 0.574. The number of rotatable bonds is 2. The Balaban J connectivity index is 2.76. The molecule has 2 nitrogen and oxygen atoms in total. The third kappa shape index (κ3) is 2.53. The lowest BCUT2D eigenvalue weighted by molar-refractivity contribution is -0.140. The highest BCUT2D eigenvalue weighted by molar-refractivity contribution is 9.10. The third-order valence-electron chi connectivity index (χ3n) is 2.42. The van der Waals surface area contributed by atoms with Crippen LogP contribution in [0.1, 0.15) is 11.4 Å². The summed E-state index contributed by atoms with van der Waals surface area (Å²) in [6, 6.07) is 3.21. The van der Waals surface area contributed by atoms with E-state index in [2.05, 4.69) is 25.9 Å². The number of aromatic nitrogens is 2. The van der Waals surface area contributed by atoms with E-state index >= 15 is 0 Å². The van der Waals surface area contributed by atoms with Crippen LogP contribution in [0.15, 0.2) is 16.6 Å². The standard InChI is InChI=1S/C11H6BrClF4N2/c1-4-2-5-7(6(12)3-4)18-10(19-8(5)13)11(16,17)9(14)15/h2-3,9H,1H3. The van der Waals surface area contributed by atoms with Gasteiger partial charge in [-0.25, -0.2) is 18.7 Å². The van der Waals surface area contributed by atoms with Crippen molar-refractivity contribution in [2.45, 2.75) is 19.3 Å². The van der Waals surface area contributed by atoms with Crippen molar-refractivity contribution in [1.29, 1.82) is 0 Å². The van der Waals surface area contributed by atoms with Crippen molar-refractivity contribution in [3.63, 3.8) is 0 Å². The molecule has 0 fully saturated rings. The van der Waals surface area contributed by atoms with Crippen molar-refractivity contribution in [3.05, 3.63) is 33.1 Å². The second-order valence-electron chi connectivity index (χ2n) is 3.90. The molecular weight excluding hydrogens is 351 g/mol. The monoisotopic (exact) mass is 356 g/mol. The van der Waals surface area contributed by atoms with Gasteiger partial charge < -0.3 is 0 Å². The van der Waals surface area contributed by atoms with E-state index in [0.717, 1.165) is 5.56 Å². The zero-order valence-electron chi connectivity index (χ0n) is 9.39. The molecule has 1 aromatic carbocycles. The summed E-state index contributed by atoms with van der Waals surface area (Å²) in [6.07, 6.45) is -3.90. The van der Waals surface area contributed by atoms with Gasteiger partial charge in [0.2, 0.25) is 5.82 Å². The number of hydrogen-bond acceptors (Lipinski definition) is 2. The fourth-order valence-corrected chi connectivity index (χ4v) is 2.42. The summed E-state index contributed by atoms with van der Waals surface area (Å²) >= 11 is 8.91. The minimum atomic E-state index is -4.44. The van der Waals surface area contributed by atoms with Gasteiger partial charge in [-0.3, -0.25) is 0 Å².